The Morgan fingerprint density at radius 1 is 1.10 bits per heavy atom. The second-order valence-electron chi connectivity index (χ2n) is 6.55. The fourth-order valence-electron chi connectivity index (χ4n) is 2.84. The molecule has 29 heavy (non-hydrogen) atoms. The zero-order valence-electron chi connectivity index (χ0n) is 17.5. The number of anilines is 1. The van der Waals surface area contributed by atoms with Crippen LogP contribution in [0.15, 0.2) is 47.5 Å². The van der Waals surface area contributed by atoms with Crippen LogP contribution in [0, 0.1) is 6.92 Å². The summed E-state index contributed by atoms with van der Waals surface area (Å²) in [6.45, 7) is 5.35. The lowest BCUT2D eigenvalue weighted by atomic mass is 10.1. The number of carbonyl (C=O) groups excluding carboxylic acids is 1. The molecule has 0 aromatic heterocycles. The minimum atomic E-state index is -0.109. The molecule has 0 aliphatic heterocycles. The molecule has 0 spiro atoms. The molecule has 156 valence electrons. The van der Waals surface area contributed by atoms with E-state index in [4.69, 9.17) is 9.47 Å². The number of nitrogens with zero attached hydrogens (tertiary/aromatic N) is 1. The molecule has 2 aromatic rings. The Balaban J connectivity index is 1.73. The zero-order valence-corrected chi connectivity index (χ0v) is 17.5. The van der Waals surface area contributed by atoms with Crippen molar-refractivity contribution in [2.24, 2.45) is 4.99 Å². The van der Waals surface area contributed by atoms with Crippen molar-refractivity contribution in [3.05, 3.63) is 53.6 Å². The van der Waals surface area contributed by atoms with Gasteiger partial charge in [0, 0.05) is 32.3 Å². The van der Waals surface area contributed by atoms with E-state index in [1.165, 1.54) is 12.5 Å². The third kappa shape index (κ3) is 7.73. The van der Waals surface area contributed by atoms with Gasteiger partial charge in [0.05, 0.1) is 13.7 Å². The molecule has 0 unspecified atom stereocenters. The maximum absolute atomic E-state index is 11.1. The van der Waals surface area contributed by atoms with E-state index >= 15 is 0 Å². The summed E-state index contributed by atoms with van der Waals surface area (Å²) in [6.07, 6.45) is 0.831. The Hall–Kier alpha value is -3.22. The van der Waals surface area contributed by atoms with Gasteiger partial charge in [-0.1, -0.05) is 23.8 Å². The number of rotatable bonds is 9. The summed E-state index contributed by atoms with van der Waals surface area (Å²) in [5.74, 6) is 2.21. The average molecular weight is 399 g/mol. The first kappa shape index (κ1) is 22.1. The maximum Gasteiger partial charge on any atom is 0.221 e. The first-order valence-corrected chi connectivity index (χ1v) is 9.60. The number of hydrogen-bond acceptors (Lipinski definition) is 4. The minimum Gasteiger partial charge on any atom is -0.496 e. The van der Waals surface area contributed by atoms with Crippen molar-refractivity contribution in [1.29, 1.82) is 0 Å². The number of guanidine groups is 1. The van der Waals surface area contributed by atoms with Gasteiger partial charge in [0.25, 0.3) is 0 Å². The highest BCUT2D eigenvalue weighted by Crippen LogP contribution is 2.19. The lowest BCUT2D eigenvalue weighted by molar-refractivity contribution is -0.114. The smallest absolute Gasteiger partial charge is 0.221 e. The van der Waals surface area contributed by atoms with Gasteiger partial charge in [-0.25, -0.2) is 0 Å². The van der Waals surface area contributed by atoms with E-state index in [0.29, 0.717) is 30.5 Å². The van der Waals surface area contributed by atoms with Crippen LogP contribution < -0.4 is 25.4 Å². The van der Waals surface area contributed by atoms with E-state index in [-0.39, 0.29) is 5.91 Å². The molecule has 0 aliphatic carbocycles. The van der Waals surface area contributed by atoms with E-state index in [2.05, 4.69) is 33.9 Å². The largest absolute Gasteiger partial charge is 0.496 e. The quantitative estimate of drug-likeness (QED) is 0.344. The predicted octanol–water partition coefficient (Wildman–Crippen LogP) is 2.75. The summed E-state index contributed by atoms with van der Waals surface area (Å²) in [5.41, 5.74) is 3.09. The van der Waals surface area contributed by atoms with Gasteiger partial charge in [0.2, 0.25) is 5.91 Å². The van der Waals surface area contributed by atoms with Crippen molar-refractivity contribution in [3.63, 3.8) is 0 Å². The highest BCUT2D eigenvalue weighted by atomic mass is 16.5. The van der Waals surface area contributed by atoms with Crippen molar-refractivity contribution in [2.75, 3.05) is 39.2 Å². The molecular weight excluding hydrogens is 368 g/mol. The molecule has 0 saturated carbocycles. The van der Waals surface area contributed by atoms with Gasteiger partial charge in [-0.05, 0) is 37.1 Å². The van der Waals surface area contributed by atoms with E-state index < -0.39 is 0 Å². The normalized spacial score (nSPS) is 11.0. The summed E-state index contributed by atoms with van der Waals surface area (Å²) in [5, 5.41) is 9.26. The summed E-state index contributed by atoms with van der Waals surface area (Å²) >= 11 is 0. The maximum atomic E-state index is 11.1. The number of aliphatic imine (C=N–C) groups is 1. The van der Waals surface area contributed by atoms with Crippen molar-refractivity contribution < 1.29 is 14.3 Å². The average Bonchev–Trinajstić information content (AvgIpc) is 2.69. The second kappa shape index (κ2) is 11.6. The second-order valence-corrected chi connectivity index (χ2v) is 6.55. The Bertz CT molecular complexity index is 837. The molecule has 1 amide bonds. The van der Waals surface area contributed by atoms with Crippen molar-refractivity contribution in [1.82, 2.24) is 10.6 Å². The topological polar surface area (TPSA) is 84.0 Å². The number of amides is 1. The van der Waals surface area contributed by atoms with Crippen LogP contribution in [-0.4, -0.2) is 45.7 Å². The van der Waals surface area contributed by atoms with E-state index in [0.717, 1.165) is 24.3 Å². The molecule has 2 aromatic carbocycles. The predicted molar refractivity (Wildman–Crippen MR) is 117 cm³/mol. The summed E-state index contributed by atoms with van der Waals surface area (Å²) in [7, 11) is 3.42. The van der Waals surface area contributed by atoms with Crippen molar-refractivity contribution >= 4 is 17.6 Å². The molecule has 7 heteroatoms. The molecule has 0 fully saturated rings. The van der Waals surface area contributed by atoms with Crippen molar-refractivity contribution in [2.45, 2.75) is 20.3 Å². The summed E-state index contributed by atoms with van der Waals surface area (Å²) in [6, 6.07) is 13.5. The first-order chi connectivity index (χ1) is 14.0. The zero-order chi connectivity index (χ0) is 21.1. The van der Waals surface area contributed by atoms with Crippen LogP contribution in [0.25, 0.3) is 0 Å². The summed E-state index contributed by atoms with van der Waals surface area (Å²) in [4.78, 5) is 15.4. The van der Waals surface area contributed by atoms with Crippen LogP contribution in [0.3, 0.4) is 0 Å². The number of benzene rings is 2. The molecule has 0 bridgehead atoms. The monoisotopic (exact) mass is 398 g/mol. The number of nitrogens with one attached hydrogen (secondary N) is 3. The number of hydrogen-bond donors (Lipinski definition) is 3. The van der Waals surface area contributed by atoms with Gasteiger partial charge in [-0.3, -0.25) is 9.79 Å². The Kier molecular flexibility index (Phi) is 8.82. The molecular formula is C22H30N4O3. The van der Waals surface area contributed by atoms with Crippen LogP contribution in [0.1, 0.15) is 18.1 Å². The molecule has 3 N–H and O–H groups in total. The lowest BCUT2D eigenvalue weighted by Crippen LogP contribution is -2.40. The van der Waals surface area contributed by atoms with E-state index in [9.17, 15) is 4.79 Å². The molecule has 0 aliphatic rings. The minimum absolute atomic E-state index is 0.109. The third-order valence-electron chi connectivity index (χ3n) is 4.16. The first-order valence-electron chi connectivity index (χ1n) is 9.60. The van der Waals surface area contributed by atoms with Crippen LogP contribution in [0.5, 0.6) is 11.5 Å². The number of methoxy groups -OCH3 is 1. The van der Waals surface area contributed by atoms with Gasteiger partial charge in [-0.2, -0.15) is 0 Å². The van der Waals surface area contributed by atoms with Crippen LogP contribution in [-0.2, 0) is 11.2 Å². The number of carbonyl (C=O) groups is 1. The molecule has 0 heterocycles. The van der Waals surface area contributed by atoms with E-state index in [1.54, 1.807) is 20.2 Å². The third-order valence-corrected chi connectivity index (χ3v) is 4.16. The van der Waals surface area contributed by atoms with Crippen LogP contribution in [0.2, 0.25) is 0 Å². The Labute approximate surface area is 172 Å². The Morgan fingerprint density at radius 2 is 1.90 bits per heavy atom. The highest BCUT2D eigenvalue weighted by Gasteiger charge is 2.04. The number of aryl methyl sites for hydroxylation is 1. The SMILES string of the molecule is CN=C(NCCOc1cccc(NC(C)=O)c1)NCCc1cc(C)ccc1OC. The Morgan fingerprint density at radius 3 is 2.62 bits per heavy atom. The number of ether oxygens (including phenoxy) is 2. The molecule has 0 radical (unpaired) electrons. The standard InChI is InChI=1S/C22H30N4O3/c1-16-8-9-21(28-4)18(14-16)10-11-24-22(23-3)25-12-13-29-20-7-5-6-19(15-20)26-17(2)27/h5-9,14-15H,10-13H2,1-4H3,(H,26,27)(H2,23,24,25). The fourth-order valence-corrected chi connectivity index (χ4v) is 2.84. The van der Waals surface area contributed by atoms with Crippen molar-refractivity contribution in [3.8, 4) is 11.5 Å². The van der Waals surface area contributed by atoms with Gasteiger partial charge in [-0.15, -0.1) is 0 Å². The molecule has 7 nitrogen and oxygen atoms in total. The summed E-state index contributed by atoms with van der Waals surface area (Å²) < 4.78 is 11.1. The van der Waals surface area contributed by atoms with Crippen LogP contribution >= 0.6 is 0 Å². The van der Waals surface area contributed by atoms with Gasteiger partial charge >= 0.3 is 0 Å². The van der Waals surface area contributed by atoms with Gasteiger partial charge in [0.15, 0.2) is 5.96 Å². The van der Waals surface area contributed by atoms with E-state index in [1.807, 2.05) is 30.3 Å². The van der Waals surface area contributed by atoms with Gasteiger partial charge < -0.3 is 25.4 Å². The molecule has 2 rings (SSSR count). The highest BCUT2D eigenvalue weighted by molar-refractivity contribution is 5.88. The molecule has 0 saturated heterocycles. The van der Waals surface area contributed by atoms with Crippen LogP contribution in [0.4, 0.5) is 5.69 Å². The molecule has 0 atom stereocenters. The fraction of sp³-hybridized carbons (Fsp3) is 0.364. The lowest BCUT2D eigenvalue weighted by Gasteiger charge is -2.14. The van der Waals surface area contributed by atoms with Gasteiger partial charge in [0.1, 0.15) is 18.1 Å².